The van der Waals surface area contributed by atoms with E-state index < -0.39 is 6.10 Å². The van der Waals surface area contributed by atoms with Gasteiger partial charge in [-0.05, 0) is 31.1 Å². The fraction of sp³-hybridized carbons (Fsp3) is 0.944. The zero-order chi connectivity index (χ0) is 44.0. The normalized spacial score (nSPS) is 12.5. The van der Waals surface area contributed by atoms with Crippen LogP contribution in [0.4, 0.5) is 0 Å². The monoisotopic (exact) mass is 849 g/mol. The summed E-state index contributed by atoms with van der Waals surface area (Å²) >= 11 is 0. The van der Waals surface area contributed by atoms with Gasteiger partial charge in [0, 0.05) is 19.3 Å². The number of rotatable bonds is 48. The molecule has 6 heteroatoms. The number of carbonyl (C=O) groups is 3. The molecule has 0 N–H and O–H groups in total. The Hall–Kier alpha value is -1.59. The Morgan fingerprint density at radius 3 is 0.950 bits per heavy atom. The Bertz CT molecular complexity index is 918. The van der Waals surface area contributed by atoms with Crippen LogP contribution in [0.15, 0.2) is 0 Å². The molecule has 356 valence electrons. The van der Waals surface area contributed by atoms with E-state index in [1.165, 1.54) is 186 Å². The summed E-state index contributed by atoms with van der Waals surface area (Å²) in [6, 6.07) is 0. The molecule has 0 heterocycles. The van der Waals surface area contributed by atoms with Crippen LogP contribution in [0, 0.1) is 11.8 Å². The third kappa shape index (κ3) is 45.9. The zero-order valence-corrected chi connectivity index (χ0v) is 41.1. The molecular weight excluding hydrogens is 745 g/mol. The molecule has 0 aromatic heterocycles. The van der Waals surface area contributed by atoms with Gasteiger partial charge >= 0.3 is 17.9 Å². The Morgan fingerprint density at radius 2 is 0.633 bits per heavy atom. The van der Waals surface area contributed by atoms with Gasteiger partial charge in [0.25, 0.3) is 0 Å². The lowest BCUT2D eigenvalue weighted by Gasteiger charge is -2.18. The van der Waals surface area contributed by atoms with Gasteiger partial charge in [0.15, 0.2) is 6.10 Å². The maximum atomic E-state index is 12.8. The topological polar surface area (TPSA) is 78.9 Å². The second-order valence-corrected chi connectivity index (χ2v) is 19.2. The molecule has 0 aromatic rings. The van der Waals surface area contributed by atoms with Gasteiger partial charge in [-0.3, -0.25) is 14.4 Å². The number of esters is 3. The van der Waals surface area contributed by atoms with E-state index >= 15 is 0 Å². The average Bonchev–Trinajstić information content (AvgIpc) is 3.23. The van der Waals surface area contributed by atoms with Crippen molar-refractivity contribution in [2.24, 2.45) is 11.8 Å². The van der Waals surface area contributed by atoms with Crippen molar-refractivity contribution in [2.45, 2.75) is 304 Å². The van der Waals surface area contributed by atoms with Crippen molar-refractivity contribution < 1.29 is 28.6 Å². The first-order valence-corrected chi connectivity index (χ1v) is 26.8. The molecule has 0 saturated carbocycles. The van der Waals surface area contributed by atoms with Crippen molar-refractivity contribution in [3.8, 4) is 0 Å². The predicted octanol–water partition coefficient (Wildman–Crippen LogP) is 17.3. The first-order chi connectivity index (χ1) is 29.3. The summed E-state index contributed by atoms with van der Waals surface area (Å²) in [5, 5.41) is 0. The second-order valence-electron chi connectivity index (χ2n) is 19.2. The predicted molar refractivity (Wildman–Crippen MR) is 256 cm³/mol. The van der Waals surface area contributed by atoms with Gasteiger partial charge in [0.05, 0.1) is 0 Å². The highest BCUT2D eigenvalue weighted by atomic mass is 16.6. The van der Waals surface area contributed by atoms with E-state index in [1.807, 2.05) is 0 Å². The third-order valence-corrected chi connectivity index (χ3v) is 12.6. The molecule has 0 amide bonds. The van der Waals surface area contributed by atoms with E-state index in [0.29, 0.717) is 19.3 Å². The van der Waals surface area contributed by atoms with Crippen molar-refractivity contribution >= 4 is 17.9 Å². The lowest BCUT2D eigenvalue weighted by atomic mass is 9.99. The van der Waals surface area contributed by atoms with E-state index in [1.54, 1.807) is 0 Å². The Labute approximate surface area is 374 Å². The van der Waals surface area contributed by atoms with Crippen molar-refractivity contribution in [1.29, 1.82) is 0 Å². The molecule has 0 aliphatic heterocycles. The van der Waals surface area contributed by atoms with Crippen molar-refractivity contribution in [3.05, 3.63) is 0 Å². The van der Waals surface area contributed by atoms with Crippen LogP contribution in [0.5, 0.6) is 0 Å². The molecule has 0 aromatic carbocycles. The van der Waals surface area contributed by atoms with E-state index in [0.717, 1.165) is 69.6 Å². The molecule has 0 saturated heterocycles. The summed E-state index contributed by atoms with van der Waals surface area (Å²) in [6.45, 7) is 11.4. The SMILES string of the molecule is CCCCCCCCCCCCCCCC(=O)O[C@H](COC(=O)CCCCCCCCCCCCCCC(C)C)COC(=O)CCCCCCCCCCCCC(C)CC. The van der Waals surface area contributed by atoms with Crippen LogP contribution < -0.4 is 0 Å². The van der Waals surface area contributed by atoms with E-state index in [9.17, 15) is 14.4 Å². The molecule has 0 aliphatic rings. The van der Waals surface area contributed by atoms with Crippen molar-refractivity contribution in [1.82, 2.24) is 0 Å². The molecule has 0 aliphatic carbocycles. The Kier molecular flexibility index (Phi) is 45.7. The maximum absolute atomic E-state index is 12.8. The second kappa shape index (κ2) is 46.9. The highest BCUT2D eigenvalue weighted by Crippen LogP contribution is 2.18. The van der Waals surface area contributed by atoms with E-state index in [-0.39, 0.29) is 31.1 Å². The smallest absolute Gasteiger partial charge is 0.306 e. The molecule has 0 fully saturated rings. The fourth-order valence-electron chi connectivity index (χ4n) is 8.13. The van der Waals surface area contributed by atoms with Crippen LogP contribution in [0.1, 0.15) is 298 Å². The van der Waals surface area contributed by atoms with Gasteiger partial charge in [-0.2, -0.15) is 0 Å². The van der Waals surface area contributed by atoms with Crippen molar-refractivity contribution in [2.75, 3.05) is 13.2 Å². The molecule has 1 unspecified atom stereocenters. The maximum Gasteiger partial charge on any atom is 0.306 e. The number of unbranched alkanes of at least 4 members (excludes halogenated alkanes) is 32. The largest absolute Gasteiger partial charge is 0.462 e. The molecule has 0 radical (unpaired) electrons. The van der Waals surface area contributed by atoms with Crippen LogP contribution >= 0.6 is 0 Å². The quantitative estimate of drug-likeness (QED) is 0.0345. The molecule has 0 bridgehead atoms. The zero-order valence-electron chi connectivity index (χ0n) is 41.1. The molecule has 6 nitrogen and oxygen atoms in total. The van der Waals surface area contributed by atoms with Crippen LogP contribution in [-0.2, 0) is 28.6 Å². The molecule has 0 rings (SSSR count). The van der Waals surface area contributed by atoms with Crippen LogP contribution in [0.2, 0.25) is 0 Å². The first kappa shape index (κ1) is 58.4. The van der Waals surface area contributed by atoms with E-state index in [2.05, 4.69) is 34.6 Å². The van der Waals surface area contributed by atoms with Crippen LogP contribution in [0.3, 0.4) is 0 Å². The minimum atomic E-state index is -0.762. The number of carbonyl (C=O) groups excluding carboxylic acids is 3. The van der Waals surface area contributed by atoms with Gasteiger partial charge in [-0.25, -0.2) is 0 Å². The molecule has 0 spiro atoms. The highest BCUT2D eigenvalue weighted by molar-refractivity contribution is 5.71. The lowest BCUT2D eigenvalue weighted by Crippen LogP contribution is -2.30. The minimum Gasteiger partial charge on any atom is -0.462 e. The number of ether oxygens (including phenoxy) is 3. The number of hydrogen-bond donors (Lipinski definition) is 0. The standard InChI is InChI=1S/C54H104O6/c1-6-8-9-10-11-12-13-14-19-26-31-36-41-46-54(57)60-51(48-59-53(56)45-40-35-30-25-21-20-23-28-33-38-43-50(5)7-2)47-58-52(55)44-39-34-29-24-18-16-15-17-22-27-32-37-42-49(3)4/h49-51H,6-48H2,1-5H3/t50?,51-/m1/s1. The summed E-state index contributed by atoms with van der Waals surface area (Å²) in [6.07, 6.45) is 47.9. The fourth-order valence-corrected chi connectivity index (χ4v) is 8.13. The first-order valence-electron chi connectivity index (χ1n) is 26.8. The number of hydrogen-bond acceptors (Lipinski definition) is 6. The van der Waals surface area contributed by atoms with Gasteiger partial charge in [-0.1, -0.05) is 259 Å². The molecule has 60 heavy (non-hydrogen) atoms. The van der Waals surface area contributed by atoms with E-state index in [4.69, 9.17) is 14.2 Å². The summed E-state index contributed by atoms with van der Waals surface area (Å²) in [5.74, 6) is 0.858. The lowest BCUT2D eigenvalue weighted by molar-refractivity contribution is -0.167. The van der Waals surface area contributed by atoms with Crippen LogP contribution in [0.25, 0.3) is 0 Å². The Balaban J connectivity index is 4.32. The Morgan fingerprint density at radius 1 is 0.350 bits per heavy atom. The summed E-state index contributed by atoms with van der Waals surface area (Å²) < 4.78 is 16.8. The van der Waals surface area contributed by atoms with Crippen molar-refractivity contribution in [3.63, 3.8) is 0 Å². The molecular formula is C54H104O6. The molecule has 2 atom stereocenters. The average molecular weight is 849 g/mol. The van der Waals surface area contributed by atoms with Crippen LogP contribution in [-0.4, -0.2) is 37.2 Å². The highest BCUT2D eigenvalue weighted by Gasteiger charge is 2.19. The summed E-state index contributed by atoms with van der Waals surface area (Å²) in [4.78, 5) is 38.0. The van der Waals surface area contributed by atoms with Gasteiger partial charge in [0.2, 0.25) is 0 Å². The van der Waals surface area contributed by atoms with Gasteiger partial charge < -0.3 is 14.2 Å². The van der Waals surface area contributed by atoms with Gasteiger partial charge in [0.1, 0.15) is 13.2 Å². The summed E-state index contributed by atoms with van der Waals surface area (Å²) in [7, 11) is 0. The summed E-state index contributed by atoms with van der Waals surface area (Å²) in [5.41, 5.74) is 0. The minimum absolute atomic E-state index is 0.0634. The van der Waals surface area contributed by atoms with Gasteiger partial charge in [-0.15, -0.1) is 0 Å². The third-order valence-electron chi connectivity index (χ3n) is 12.6.